The maximum atomic E-state index is 11.4. The Kier molecular flexibility index (Phi) is 8.71. The summed E-state index contributed by atoms with van der Waals surface area (Å²) in [4.78, 5) is 15.6. The lowest BCUT2D eigenvalue weighted by Gasteiger charge is -2.13. The molecule has 142 valence electrons. The molecule has 1 atom stereocenters. The van der Waals surface area contributed by atoms with Gasteiger partial charge in [0.1, 0.15) is 11.9 Å². The lowest BCUT2D eigenvalue weighted by atomic mass is 10.1. The van der Waals surface area contributed by atoms with Crippen molar-refractivity contribution in [2.45, 2.75) is 47.4 Å². The summed E-state index contributed by atoms with van der Waals surface area (Å²) in [6.45, 7) is 10.1. The van der Waals surface area contributed by atoms with Gasteiger partial charge in [0.15, 0.2) is 0 Å². The molecule has 0 aliphatic carbocycles. The van der Waals surface area contributed by atoms with Crippen molar-refractivity contribution < 1.29 is 9.76 Å². The molecule has 0 spiro atoms. The van der Waals surface area contributed by atoms with Crippen LogP contribution in [0.4, 0.5) is 17.1 Å². The Labute approximate surface area is 154 Å². The fourth-order valence-electron chi connectivity index (χ4n) is 2.35. The molecule has 0 fully saturated rings. The molecule has 0 saturated carbocycles. The van der Waals surface area contributed by atoms with Crippen molar-refractivity contribution in [3.05, 3.63) is 63.2 Å². The maximum Gasteiger partial charge on any atom is 0.292 e. The van der Waals surface area contributed by atoms with Crippen molar-refractivity contribution >= 4 is 17.1 Å². The van der Waals surface area contributed by atoms with E-state index in [-0.39, 0.29) is 11.9 Å². The summed E-state index contributed by atoms with van der Waals surface area (Å²) in [7, 11) is 0. The molecule has 0 aromatic heterocycles. The Morgan fingerprint density at radius 1 is 1.15 bits per heavy atom. The third-order valence-electron chi connectivity index (χ3n) is 3.71. The second-order valence-corrected chi connectivity index (χ2v) is 5.71. The van der Waals surface area contributed by atoms with Gasteiger partial charge in [-0.15, -0.1) is 0 Å². The summed E-state index contributed by atoms with van der Waals surface area (Å²) in [6.07, 6.45) is -0.336. The van der Waals surface area contributed by atoms with Crippen LogP contribution < -0.4 is 16.5 Å². The van der Waals surface area contributed by atoms with E-state index in [9.17, 15) is 10.1 Å². The zero-order valence-corrected chi connectivity index (χ0v) is 16.0. The highest BCUT2D eigenvalue weighted by Gasteiger charge is 2.16. The van der Waals surface area contributed by atoms with E-state index >= 15 is 0 Å². The molecule has 7 heteroatoms. The molecule has 2 rings (SSSR count). The van der Waals surface area contributed by atoms with Gasteiger partial charge in [0.2, 0.25) is 0 Å². The Bertz CT molecular complexity index is 735. The van der Waals surface area contributed by atoms with Gasteiger partial charge in [0, 0.05) is 18.3 Å². The monoisotopic (exact) mass is 360 g/mol. The third-order valence-corrected chi connectivity index (χ3v) is 3.71. The summed E-state index contributed by atoms with van der Waals surface area (Å²) < 4.78 is 0. The summed E-state index contributed by atoms with van der Waals surface area (Å²) in [6, 6.07) is 11.0. The number of aryl methyl sites for hydroxylation is 2. The van der Waals surface area contributed by atoms with Crippen molar-refractivity contribution in [1.29, 1.82) is 0 Å². The second-order valence-electron chi connectivity index (χ2n) is 5.71. The molecule has 7 nitrogen and oxygen atoms in total. The molecule has 0 radical (unpaired) electrons. The van der Waals surface area contributed by atoms with E-state index in [2.05, 4.69) is 15.5 Å². The summed E-state index contributed by atoms with van der Waals surface area (Å²) in [5.41, 5.74) is 4.28. The number of hydrogen-bond acceptors (Lipinski definition) is 6. The lowest BCUT2D eigenvalue weighted by molar-refractivity contribution is -0.384. The Morgan fingerprint density at radius 3 is 2.38 bits per heavy atom. The molecule has 0 aliphatic heterocycles. The first kappa shape index (κ1) is 21.6. The molecule has 2 aromatic rings. The van der Waals surface area contributed by atoms with Crippen LogP contribution in [0, 0.1) is 24.0 Å². The number of nitrogens with two attached hydrogens (primary N) is 1. The zero-order chi connectivity index (χ0) is 19.7. The highest BCUT2D eigenvalue weighted by molar-refractivity contribution is 5.71. The van der Waals surface area contributed by atoms with Crippen molar-refractivity contribution in [3.63, 3.8) is 0 Å². The topological polar surface area (TPSA) is 102 Å². The predicted molar refractivity (Wildman–Crippen MR) is 105 cm³/mol. The van der Waals surface area contributed by atoms with Gasteiger partial charge in [-0.05, 0) is 44.0 Å². The molecule has 1 unspecified atom stereocenters. The molecule has 2 aromatic carbocycles. The summed E-state index contributed by atoms with van der Waals surface area (Å²) in [5.74, 6) is 5.07. The molecular weight excluding hydrogens is 332 g/mol. The first-order chi connectivity index (χ1) is 12.4. The van der Waals surface area contributed by atoms with Crippen LogP contribution in [0.2, 0.25) is 0 Å². The van der Waals surface area contributed by atoms with Crippen molar-refractivity contribution in [2.24, 2.45) is 5.90 Å². The quantitative estimate of drug-likeness (QED) is 0.386. The Morgan fingerprint density at radius 2 is 1.81 bits per heavy atom. The van der Waals surface area contributed by atoms with E-state index in [1.54, 1.807) is 19.1 Å². The van der Waals surface area contributed by atoms with Crippen LogP contribution in [0.25, 0.3) is 0 Å². The van der Waals surface area contributed by atoms with Crippen molar-refractivity contribution in [3.8, 4) is 0 Å². The number of anilines is 2. The maximum absolute atomic E-state index is 11.4. The molecule has 0 bridgehead atoms. The van der Waals surface area contributed by atoms with E-state index in [1.165, 1.54) is 0 Å². The standard InChI is InChI=1S/C17H22N4O3.C2H6/c1-11-4-6-15(12(2)8-11)20-16-7-5-14(9-17(16)21(22)23)10-19-13(3)24-18;1-2/h4-9,13,19-20H,10,18H2,1-3H3;1-2H3. The molecular formula is C19H28N4O3. The third kappa shape index (κ3) is 6.11. The molecule has 0 amide bonds. The number of rotatable bonds is 7. The van der Waals surface area contributed by atoms with Crippen LogP contribution in [0.15, 0.2) is 36.4 Å². The molecule has 0 heterocycles. The zero-order valence-electron chi connectivity index (χ0n) is 16.0. The molecule has 26 heavy (non-hydrogen) atoms. The smallest absolute Gasteiger partial charge is 0.292 e. The van der Waals surface area contributed by atoms with Gasteiger partial charge in [-0.1, -0.05) is 37.6 Å². The van der Waals surface area contributed by atoms with E-state index in [0.717, 1.165) is 22.4 Å². The average Bonchev–Trinajstić information content (AvgIpc) is 2.64. The van der Waals surface area contributed by atoms with E-state index in [1.807, 2.05) is 52.0 Å². The Balaban J connectivity index is 0.00000163. The van der Waals surface area contributed by atoms with Crippen LogP contribution in [0.5, 0.6) is 0 Å². The number of nitrogens with one attached hydrogen (secondary N) is 2. The fourth-order valence-corrected chi connectivity index (χ4v) is 2.35. The van der Waals surface area contributed by atoms with Crippen molar-refractivity contribution in [2.75, 3.05) is 5.32 Å². The van der Waals surface area contributed by atoms with E-state index < -0.39 is 4.92 Å². The number of nitro groups is 1. The van der Waals surface area contributed by atoms with Crippen LogP contribution >= 0.6 is 0 Å². The minimum absolute atomic E-state index is 0.0237. The highest BCUT2D eigenvalue weighted by atomic mass is 16.6. The molecule has 0 saturated heterocycles. The minimum Gasteiger partial charge on any atom is -0.350 e. The first-order valence-electron chi connectivity index (χ1n) is 8.61. The average molecular weight is 360 g/mol. The first-order valence-corrected chi connectivity index (χ1v) is 8.61. The van der Waals surface area contributed by atoms with Gasteiger partial charge >= 0.3 is 0 Å². The Hall–Kier alpha value is -2.48. The van der Waals surface area contributed by atoms with Crippen LogP contribution in [0.3, 0.4) is 0 Å². The summed E-state index contributed by atoms with van der Waals surface area (Å²) >= 11 is 0. The van der Waals surface area contributed by atoms with E-state index in [4.69, 9.17) is 5.90 Å². The van der Waals surface area contributed by atoms with Crippen LogP contribution in [0.1, 0.15) is 37.5 Å². The minimum atomic E-state index is -0.391. The SMILES string of the molecule is CC.Cc1ccc(Nc2ccc(CNC(C)ON)cc2[N+](=O)[O-])c(C)c1. The molecule has 0 aliphatic rings. The van der Waals surface area contributed by atoms with Crippen molar-refractivity contribution in [1.82, 2.24) is 5.32 Å². The van der Waals surface area contributed by atoms with Gasteiger partial charge in [-0.2, -0.15) is 0 Å². The number of nitro benzene ring substituents is 1. The predicted octanol–water partition coefficient (Wildman–Crippen LogP) is 4.31. The van der Waals surface area contributed by atoms with Gasteiger partial charge in [0.05, 0.1) is 4.92 Å². The van der Waals surface area contributed by atoms with Gasteiger partial charge in [0.25, 0.3) is 5.69 Å². The van der Waals surface area contributed by atoms with Gasteiger partial charge < -0.3 is 5.32 Å². The van der Waals surface area contributed by atoms with Gasteiger partial charge in [-0.25, -0.2) is 5.90 Å². The fraction of sp³-hybridized carbons (Fsp3) is 0.368. The van der Waals surface area contributed by atoms with Gasteiger partial charge in [-0.3, -0.25) is 20.3 Å². The molecule has 4 N–H and O–H groups in total. The van der Waals surface area contributed by atoms with Crippen LogP contribution in [-0.4, -0.2) is 11.2 Å². The largest absolute Gasteiger partial charge is 0.350 e. The number of nitrogens with zero attached hydrogens (tertiary/aromatic N) is 1. The van der Waals surface area contributed by atoms with E-state index in [0.29, 0.717) is 12.2 Å². The van der Waals surface area contributed by atoms with Crippen LogP contribution in [-0.2, 0) is 11.4 Å². The number of benzene rings is 2. The normalized spacial score (nSPS) is 11.3. The lowest BCUT2D eigenvalue weighted by Crippen LogP contribution is -2.30. The number of hydrogen-bond donors (Lipinski definition) is 3. The highest BCUT2D eigenvalue weighted by Crippen LogP contribution is 2.30. The second kappa shape index (κ2) is 10.5. The summed E-state index contributed by atoms with van der Waals surface area (Å²) in [5, 5.41) is 17.6.